The maximum absolute atomic E-state index is 10.4. The molecule has 0 radical (unpaired) electrons. The second-order valence-electron chi connectivity index (χ2n) is 2.63. The van der Waals surface area contributed by atoms with Gasteiger partial charge in [-0.1, -0.05) is 12.2 Å². The first-order valence-corrected chi connectivity index (χ1v) is 5.36. The number of rotatable bonds is 5. The van der Waals surface area contributed by atoms with Gasteiger partial charge in [-0.2, -0.15) is 8.42 Å². The average molecular weight is 193 g/mol. The van der Waals surface area contributed by atoms with E-state index >= 15 is 0 Å². The highest BCUT2D eigenvalue weighted by atomic mass is 32.2. The molecule has 2 N–H and O–H groups in total. The van der Waals surface area contributed by atoms with Crippen molar-refractivity contribution in [2.75, 3.05) is 12.3 Å². The summed E-state index contributed by atoms with van der Waals surface area (Å²) < 4.78 is 29.2. The van der Waals surface area contributed by atoms with Gasteiger partial charge in [0.1, 0.15) is 0 Å². The average Bonchev–Trinajstić information content (AvgIpc) is 1.84. The third kappa shape index (κ3) is 7.71. The van der Waals surface area contributed by atoms with Gasteiger partial charge >= 0.3 is 0 Å². The van der Waals surface area contributed by atoms with Gasteiger partial charge in [-0.3, -0.25) is 4.55 Å². The van der Waals surface area contributed by atoms with Gasteiger partial charge < -0.3 is 5.32 Å². The van der Waals surface area contributed by atoms with Crippen LogP contribution in [0.15, 0.2) is 12.2 Å². The molecule has 0 aromatic carbocycles. The fourth-order valence-electron chi connectivity index (χ4n) is 0.762. The lowest BCUT2D eigenvalue weighted by Crippen LogP contribution is -2.32. The van der Waals surface area contributed by atoms with E-state index in [1.165, 1.54) is 0 Å². The summed E-state index contributed by atoms with van der Waals surface area (Å²) in [5.74, 6) is -0.245. The lowest BCUT2D eigenvalue weighted by Gasteiger charge is -2.09. The van der Waals surface area contributed by atoms with Crippen LogP contribution >= 0.6 is 0 Å². The van der Waals surface area contributed by atoms with E-state index in [-0.39, 0.29) is 11.8 Å². The van der Waals surface area contributed by atoms with Gasteiger partial charge in [0.05, 0.1) is 5.75 Å². The molecule has 1 atom stereocenters. The summed E-state index contributed by atoms with van der Waals surface area (Å²) in [6.07, 6.45) is 3.74. The van der Waals surface area contributed by atoms with Crippen LogP contribution < -0.4 is 5.32 Å². The summed E-state index contributed by atoms with van der Waals surface area (Å²) >= 11 is 0. The highest BCUT2D eigenvalue weighted by molar-refractivity contribution is 7.85. The predicted molar refractivity (Wildman–Crippen MR) is 48.7 cm³/mol. The van der Waals surface area contributed by atoms with E-state index in [9.17, 15) is 8.42 Å². The van der Waals surface area contributed by atoms with Gasteiger partial charge in [-0.15, -0.1) is 0 Å². The first-order valence-electron chi connectivity index (χ1n) is 3.75. The SMILES string of the molecule is C/C=C/CNC(C)CS(=O)(=O)O. The second kappa shape index (κ2) is 5.29. The Balaban J connectivity index is 3.68. The molecule has 0 aliphatic rings. The molecular weight excluding hydrogens is 178 g/mol. The van der Waals surface area contributed by atoms with E-state index in [1.54, 1.807) is 6.92 Å². The molecule has 0 fully saturated rings. The van der Waals surface area contributed by atoms with E-state index in [4.69, 9.17) is 4.55 Å². The molecule has 4 nitrogen and oxygen atoms in total. The molecule has 0 saturated heterocycles. The van der Waals surface area contributed by atoms with Crippen LogP contribution in [0.2, 0.25) is 0 Å². The van der Waals surface area contributed by atoms with Crippen molar-refractivity contribution in [3.8, 4) is 0 Å². The van der Waals surface area contributed by atoms with Crippen LogP contribution in [0.5, 0.6) is 0 Å². The van der Waals surface area contributed by atoms with Crippen molar-refractivity contribution in [3.05, 3.63) is 12.2 Å². The van der Waals surface area contributed by atoms with Gasteiger partial charge in [-0.25, -0.2) is 0 Å². The highest BCUT2D eigenvalue weighted by Crippen LogP contribution is 1.88. The van der Waals surface area contributed by atoms with Crippen LogP contribution in [0.1, 0.15) is 13.8 Å². The minimum absolute atomic E-state index is 0.226. The normalized spacial score (nSPS) is 15.2. The molecule has 0 saturated carbocycles. The van der Waals surface area contributed by atoms with E-state index in [0.717, 1.165) is 0 Å². The number of hydrogen-bond donors (Lipinski definition) is 2. The Morgan fingerprint density at radius 2 is 2.17 bits per heavy atom. The third-order valence-electron chi connectivity index (χ3n) is 1.28. The van der Waals surface area contributed by atoms with Gasteiger partial charge in [0, 0.05) is 12.6 Å². The van der Waals surface area contributed by atoms with Crippen LogP contribution in [-0.2, 0) is 10.1 Å². The lowest BCUT2D eigenvalue weighted by atomic mass is 10.4. The fourth-order valence-corrected chi connectivity index (χ4v) is 1.51. The topological polar surface area (TPSA) is 66.4 Å². The van der Waals surface area contributed by atoms with Gasteiger partial charge in [0.15, 0.2) is 0 Å². The highest BCUT2D eigenvalue weighted by Gasteiger charge is 2.10. The zero-order valence-electron chi connectivity index (χ0n) is 7.32. The molecule has 0 rings (SSSR count). The van der Waals surface area contributed by atoms with E-state index in [0.29, 0.717) is 6.54 Å². The first kappa shape index (κ1) is 11.6. The van der Waals surface area contributed by atoms with Gasteiger partial charge in [0.2, 0.25) is 0 Å². The van der Waals surface area contributed by atoms with Crippen molar-refractivity contribution in [2.24, 2.45) is 0 Å². The van der Waals surface area contributed by atoms with Crippen molar-refractivity contribution in [1.82, 2.24) is 5.32 Å². The Morgan fingerprint density at radius 1 is 1.58 bits per heavy atom. The summed E-state index contributed by atoms with van der Waals surface area (Å²) in [5, 5.41) is 2.91. The van der Waals surface area contributed by atoms with Crippen molar-refractivity contribution in [2.45, 2.75) is 19.9 Å². The summed E-state index contributed by atoms with van der Waals surface area (Å²) in [6, 6.07) is -0.226. The zero-order chi connectivity index (χ0) is 9.61. The minimum Gasteiger partial charge on any atom is -0.310 e. The fraction of sp³-hybridized carbons (Fsp3) is 0.714. The summed E-state index contributed by atoms with van der Waals surface area (Å²) in [4.78, 5) is 0. The molecule has 0 heterocycles. The van der Waals surface area contributed by atoms with E-state index in [2.05, 4.69) is 5.32 Å². The van der Waals surface area contributed by atoms with Crippen molar-refractivity contribution in [3.63, 3.8) is 0 Å². The van der Waals surface area contributed by atoms with E-state index < -0.39 is 10.1 Å². The Hall–Kier alpha value is -0.390. The van der Waals surface area contributed by atoms with Crippen molar-refractivity contribution < 1.29 is 13.0 Å². The maximum Gasteiger partial charge on any atom is 0.266 e. The Bertz CT molecular complexity index is 233. The molecule has 0 aliphatic heterocycles. The number of hydrogen-bond acceptors (Lipinski definition) is 3. The monoisotopic (exact) mass is 193 g/mol. The Morgan fingerprint density at radius 3 is 2.58 bits per heavy atom. The molecule has 0 aromatic rings. The van der Waals surface area contributed by atoms with Crippen molar-refractivity contribution >= 4 is 10.1 Å². The number of allylic oxidation sites excluding steroid dienone is 1. The molecular formula is C7H15NO3S. The Labute approximate surface area is 73.4 Å². The lowest BCUT2D eigenvalue weighted by molar-refractivity contribution is 0.472. The second-order valence-corrected chi connectivity index (χ2v) is 4.12. The molecule has 0 aromatic heterocycles. The quantitative estimate of drug-likeness (QED) is 0.491. The Kier molecular flexibility index (Phi) is 5.12. The minimum atomic E-state index is -3.85. The smallest absolute Gasteiger partial charge is 0.266 e. The first-order chi connectivity index (χ1) is 5.45. The third-order valence-corrected chi connectivity index (χ3v) is 2.20. The van der Waals surface area contributed by atoms with Crippen LogP contribution in [0.4, 0.5) is 0 Å². The maximum atomic E-state index is 10.4. The molecule has 0 amide bonds. The summed E-state index contributed by atoms with van der Waals surface area (Å²) in [6.45, 7) is 4.21. The molecule has 72 valence electrons. The van der Waals surface area contributed by atoms with Crippen LogP contribution in [0.3, 0.4) is 0 Å². The van der Waals surface area contributed by atoms with Crippen LogP contribution in [-0.4, -0.2) is 31.3 Å². The molecule has 0 spiro atoms. The number of nitrogens with one attached hydrogen (secondary N) is 1. The molecule has 0 bridgehead atoms. The molecule has 0 aliphatic carbocycles. The summed E-state index contributed by atoms with van der Waals surface area (Å²) in [5.41, 5.74) is 0. The zero-order valence-corrected chi connectivity index (χ0v) is 8.13. The van der Waals surface area contributed by atoms with Gasteiger partial charge in [0.25, 0.3) is 10.1 Å². The van der Waals surface area contributed by atoms with Crippen LogP contribution in [0.25, 0.3) is 0 Å². The predicted octanol–water partition coefficient (Wildman–Crippen LogP) is 0.428. The van der Waals surface area contributed by atoms with Crippen LogP contribution in [0, 0.1) is 0 Å². The summed E-state index contributed by atoms with van der Waals surface area (Å²) in [7, 11) is -3.85. The van der Waals surface area contributed by atoms with Gasteiger partial charge in [-0.05, 0) is 13.8 Å². The molecule has 1 unspecified atom stereocenters. The standard InChI is InChI=1S/C7H15NO3S/c1-3-4-5-8-7(2)6-12(9,10)11/h3-4,7-8H,5-6H2,1-2H3,(H,9,10,11)/b4-3+. The largest absolute Gasteiger partial charge is 0.310 e. The molecule has 5 heteroatoms. The molecule has 12 heavy (non-hydrogen) atoms. The van der Waals surface area contributed by atoms with E-state index in [1.807, 2.05) is 19.1 Å². The van der Waals surface area contributed by atoms with Crippen molar-refractivity contribution in [1.29, 1.82) is 0 Å².